The van der Waals surface area contributed by atoms with Gasteiger partial charge in [-0.15, -0.1) is 0 Å². The number of nitrogens with two attached hydrogens (primary N) is 1. The van der Waals surface area contributed by atoms with Crippen molar-refractivity contribution in [2.45, 2.75) is 6.54 Å². The molecule has 0 aromatic heterocycles. The molecule has 0 aliphatic rings. The van der Waals surface area contributed by atoms with Gasteiger partial charge in [-0.25, -0.2) is 0 Å². The maximum absolute atomic E-state index is 5.41. The molecule has 1 rings (SSSR count). The van der Waals surface area contributed by atoms with Crippen molar-refractivity contribution < 1.29 is 8.58 Å². The highest BCUT2D eigenvalue weighted by atomic mass is 35.5. The lowest BCUT2D eigenvalue weighted by atomic mass is 10.2. The molecule has 0 atom stereocenters. The summed E-state index contributed by atoms with van der Waals surface area (Å²) < 4.78 is 8.98. The van der Waals surface area contributed by atoms with Crippen LogP contribution in [0.25, 0.3) is 0 Å². The molecule has 2 N–H and O–H groups in total. The molecular weight excluding hydrogens is 201 g/mol. The van der Waals surface area contributed by atoms with Crippen LogP contribution in [0.2, 0.25) is 0 Å². The van der Waals surface area contributed by atoms with E-state index in [1.54, 1.807) is 18.2 Å². The Morgan fingerprint density at radius 2 is 2.00 bits per heavy atom. The lowest BCUT2D eigenvalue weighted by Gasteiger charge is -2.04. The monoisotopic (exact) mass is 207 g/mol. The van der Waals surface area contributed by atoms with E-state index in [9.17, 15) is 0 Å². The number of hydrogen-bond donors (Lipinski definition) is 1. The molecule has 3 nitrogen and oxygen atoms in total. The van der Waals surface area contributed by atoms with Gasteiger partial charge in [0.1, 0.15) is 29.5 Å². The van der Waals surface area contributed by atoms with Crippen molar-refractivity contribution in [2.75, 3.05) is 0 Å². The number of hydrogen-bond acceptors (Lipinski definition) is 3. The van der Waals surface area contributed by atoms with Crippen LogP contribution in [0.15, 0.2) is 18.2 Å². The standard InChI is InChI=1S/C7H7Cl2NO2/c8-11-6-2-1-5(4-10)7(3-6)12-9/h1-3H,4,10H2. The van der Waals surface area contributed by atoms with E-state index in [0.717, 1.165) is 5.56 Å². The smallest absolute Gasteiger partial charge is 0.154 e. The largest absolute Gasteiger partial charge is 0.385 e. The van der Waals surface area contributed by atoms with Crippen molar-refractivity contribution in [3.05, 3.63) is 23.8 Å². The summed E-state index contributed by atoms with van der Waals surface area (Å²) in [5.41, 5.74) is 6.20. The molecule has 0 aliphatic heterocycles. The van der Waals surface area contributed by atoms with Gasteiger partial charge in [0.15, 0.2) is 5.75 Å². The Balaban J connectivity index is 3.02. The molecule has 0 aliphatic carbocycles. The fraction of sp³-hybridized carbons (Fsp3) is 0.143. The Labute approximate surface area is 80.3 Å². The molecule has 12 heavy (non-hydrogen) atoms. The molecule has 0 amide bonds. The second kappa shape index (κ2) is 4.40. The van der Waals surface area contributed by atoms with Crippen LogP contribution < -0.4 is 14.3 Å². The summed E-state index contributed by atoms with van der Waals surface area (Å²) in [5.74, 6) is 0.918. The van der Waals surface area contributed by atoms with Crippen molar-refractivity contribution >= 4 is 23.7 Å². The number of halogens is 2. The van der Waals surface area contributed by atoms with E-state index in [-0.39, 0.29) is 0 Å². The molecule has 5 heteroatoms. The number of benzene rings is 1. The van der Waals surface area contributed by atoms with Gasteiger partial charge in [-0.05, 0) is 6.07 Å². The average Bonchev–Trinajstić information content (AvgIpc) is 2.16. The van der Waals surface area contributed by atoms with Crippen molar-refractivity contribution in [3.63, 3.8) is 0 Å². The Morgan fingerprint density at radius 3 is 2.50 bits per heavy atom. The van der Waals surface area contributed by atoms with Gasteiger partial charge in [-0.1, -0.05) is 6.07 Å². The zero-order chi connectivity index (χ0) is 8.97. The van der Waals surface area contributed by atoms with Gasteiger partial charge in [-0.2, -0.15) is 0 Å². The van der Waals surface area contributed by atoms with E-state index in [2.05, 4.69) is 8.58 Å². The topological polar surface area (TPSA) is 44.5 Å². The quantitative estimate of drug-likeness (QED) is 0.827. The predicted octanol–water partition coefficient (Wildman–Crippen LogP) is 2.21. The van der Waals surface area contributed by atoms with Gasteiger partial charge in [-0.3, -0.25) is 0 Å². The van der Waals surface area contributed by atoms with Gasteiger partial charge < -0.3 is 14.3 Å². The maximum Gasteiger partial charge on any atom is 0.154 e. The minimum Gasteiger partial charge on any atom is -0.385 e. The zero-order valence-electron chi connectivity index (χ0n) is 6.09. The van der Waals surface area contributed by atoms with Gasteiger partial charge >= 0.3 is 0 Å². The van der Waals surface area contributed by atoms with Crippen LogP contribution in [0, 0.1) is 0 Å². The molecule has 0 spiro atoms. The summed E-state index contributed by atoms with van der Waals surface area (Å²) in [5, 5.41) is 0. The van der Waals surface area contributed by atoms with Crippen molar-refractivity contribution in [2.24, 2.45) is 5.73 Å². The first kappa shape index (κ1) is 9.45. The summed E-state index contributed by atoms with van der Waals surface area (Å²) in [6.07, 6.45) is 0. The summed E-state index contributed by atoms with van der Waals surface area (Å²) in [7, 11) is 0. The first-order valence-corrected chi connectivity index (χ1v) is 3.83. The predicted molar refractivity (Wildman–Crippen MR) is 47.3 cm³/mol. The highest BCUT2D eigenvalue weighted by Gasteiger charge is 2.03. The Hall–Kier alpha value is -0.640. The van der Waals surface area contributed by atoms with E-state index in [0.29, 0.717) is 18.0 Å². The lowest BCUT2D eigenvalue weighted by molar-refractivity contribution is 0.584. The molecule has 66 valence electrons. The molecule has 0 fully saturated rings. The van der Waals surface area contributed by atoms with Crippen LogP contribution in [0.5, 0.6) is 11.5 Å². The van der Waals surface area contributed by atoms with E-state index < -0.39 is 0 Å². The van der Waals surface area contributed by atoms with E-state index in [4.69, 9.17) is 29.5 Å². The highest BCUT2D eigenvalue weighted by Crippen LogP contribution is 2.25. The van der Waals surface area contributed by atoms with Crippen LogP contribution in [0.1, 0.15) is 5.56 Å². The normalized spacial score (nSPS) is 9.58. The van der Waals surface area contributed by atoms with Crippen LogP contribution in [0.3, 0.4) is 0 Å². The average molecular weight is 208 g/mol. The Bertz CT molecular complexity index is 268. The third-order valence-electron chi connectivity index (χ3n) is 1.43. The van der Waals surface area contributed by atoms with Crippen LogP contribution in [0.4, 0.5) is 0 Å². The minimum absolute atomic E-state index is 0.352. The maximum atomic E-state index is 5.41. The Kier molecular flexibility index (Phi) is 3.47. The highest BCUT2D eigenvalue weighted by molar-refractivity contribution is 6.09. The van der Waals surface area contributed by atoms with Gasteiger partial charge in [0.2, 0.25) is 0 Å². The van der Waals surface area contributed by atoms with E-state index >= 15 is 0 Å². The molecule has 0 saturated carbocycles. The molecule has 1 aromatic carbocycles. The fourth-order valence-corrected chi connectivity index (χ4v) is 1.06. The van der Waals surface area contributed by atoms with Crippen molar-refractivity contribution in [1.82, 2.24) is 0 Å². The summed E-state index contributed by atoms with van der Waals surface area (Å²) in [6.45, 7) is 0.352. The van der Waals surface area contributed by atoms with Gasteiger partial charge in [0, 0.05) is 18.2 Å². The molecule has 0 unspecified atom stereocenters. The molecular formula is C7H7Cl2NO2. The van der Waals surface area contributed by atoms with Gasteiger partial charge in [0.25, 0.3) is 0 Å². The van der Waals surface area contributed by atoms with Crippen LogP contribution >= 0.6 is 23.7 Å². The SMILES string of the molecule is NCc1ccc(OCl)cc1OCl. The second-order valence-electron chi connectivity index (χ2n) is 2.13. The molecule has 0 saturated heterocycles. The molecule has 0 heterocycles. The number of rotatable bonds is 3. The lowest BCUT2D eigenvalue weighted by Crippen LogP contribution is -1.97. The van der Waals surface area contributed by atoms with Gasteiger partial charge in [0.05, 0.1) is 0 Å². The van der Waals surface area contributed by atoms with Crippen molar-refractivity contribution in [3.8, 4) is 11.5 Å². The minimum atomic E-state index is 0.352. The van der Waals surface area contributed by atoms with E-state index in [1.807, 2.05) is 0 Å². The summed E-state index contributed by atoms with van der Waals surface area (Å²) in [6, 6.07) is 4.96. The van der Waals surface area contributed by atoms with E-state index in [1.165, 1.54) is 0 Å². The fourth-order valence-electron chi connectivity index (χ4n) is 0.823. The molecule has 1 aromatic rings. The molecule has 0 bridgehead atoms. The van der Waals surface area contributed by atoms with Crippen molar-refractivity contribution in [1.29, 1.82) is 0 Å². The first-order valence-electron chi connectivity index (χ1n) is 3.22. The van der Waals surface area contributed by atoms with Crippen LogP contribution in [-0.4, -0.2) is 0 Å². The molecule has 0 radical (unpaired) electrons. The third kappa shape index (κ3) is 1.94. The first-order chi connectivity index (χ1) is 5.81. The summed E-state index contributed by atoms with van der Waals surface area (Å²) >= 11 is 10.3. The summed E-state index contributed by atoms with van der Waals surface area (Å²) in [4.78, 5) is 0. The zero-order valence-corrected chi connectivity index (χ0v) is 7.60. The second-order valence-corrected chi connectivity index (χ2v) is 2.44. The Morgan fingerprint density at radius 1 is 1.25 bits per heavy atom. The van der Waals surface area contributed by atoms with Crippen LogP contribution in [-0.2, 0) is 6.54 Å². The third-order valence-corrected chi connectivity index (χ3v) is 1.78.